The first-order valence-corrected chi connectivity index (χ1v) is 16.0. The highest BCUT2D eigenvalue weighted by Crippen LogP contribution is 2.67. The number of hydrogen-bond acceptors (Lipinski definition) is 1. The zero-order chi connectivity index (χ0) is 27.2. The molecule has 0 amide bonds. The zero-order valence-electron chi connectivity index (χ0n) is 25.7. The fraction of sp³-hybridized carbons (Fsp3) is 0.912. The summed E-state index contributed by atoms with van der Waals surface area (Å²) in [4.78, 5) is 12.3. The van der Waals surface area contributed by atoms with Crippen LogP contribution in [0.25, 0.3) is 0 Å². The Balaban J connectivity index is 1.46. The van der Waals surface area contributed by atoms with Gasteiger partial charge in [-0.05, 0) is 104 Å². The van der Waals surface area contributed by atoms with Gasteiger partial charge in [-0.2, -0.15) is 0 Å². The molecule has 4 aliphatic carbocycles. The molecule has 0 spiro atoms. The fourth-order valence-electron chi connectivity index (χ4n) is 10.1. The molecule has 37 heavy (non-hydrogen) atoms. The number of nitrogens with zero attached hydrogens (tertiary/aromatic N) is 1. The Bertz CT molecular complexity index is 839. The van der Waals surface area contributed by atoms with Crippen molar-refractivity contribution in [3.63, 3.8) is 0 Å². The van der Waals surface area contributed by atoms with Crippen LogP contribution in [0.3, 0.4) is 0 Å². The second-order valence-corrected chi connectivity index (χ2v) is 16.0. The number of rotatable bonds is 10. The Morgan fingerprint density at radius 3 is 2.38 bits per heavy atom. The molecule has 0 saturated heterocycles. The molecule has 0 aliphatic heterocycles. The van der Waals surface area contributed by atoms with Crippen molar-refractivity contribution in [2.24, 2.45) is 58.2 Å². The largest absolute Gasteiger partial charge is 0.481 e. The van der Waals surface area contributed by atoms with E-state index in [1.807, 2.05) is 0 Å². The van der Waals surface area contributed by atoms with Crippen molar-refractivity contribution >= 4 is 5.97 Å². The minimum absolute atomic E-state index is 0.192. The Hall–Kier alpha value is -0.830. The van der Waals surface area contributed by atoms with E-state index < -0.39 is 5.97 Å². The number of fused-ring (bicyclic) bond motifs is 5. The van der Waals surface area contributed by atoms with E-state index in [0.717, 1.165) is 65.8 Å². The van der Waals surface area contributed by atoms with Gasteiger partial charge in [-0.15, -0.1) is 0 Å². The van der Waals surface area contributed by atoms with Crippen molar-refractivity contribution in [2.75, 3.05) is 27.7 Å². The van der Waals surface area contributed by atoms with Crippen molar-refractivity contribution in [1.82, 2.24) is 0 Å². The van der Waals surface area contributed by atoms with E-state index in [9.17, 15) is 9.90 Å². The molecule has 0 aromatic heterocycles. The van der Waals surface area contributed by atoms with Gasteiger partial charge < -0.3 is 9.59 Å². The summed E-state index contributed by atoms with van der Waals surface area (Å²) in [5.41, 5.74) is 2.49. The van der Waals surface area contributed by atoms with E-state index >= 15 is 0 Å². The fourth-order valence-corrected chi connectivity index (χ4v) is 10.1. The number of carboxylic acids is 1. The van der Waals surface area contributed by atoms with Crippen molar-refractivity contribution < 1.29 is 14.4 Å². The smallest absolute Gasteiger partial charge is 0.307 e. The molecule has 9 atom stereocenters. The van der Waals surface area contributed by atoms with Crippen LogP contribution in [0.4, 0.5) is 0 Å². The van der Waals surface area contributed by atoms with Gasteiger partial charge in [0.15, 0.2) is 0 Å². The molecule has 0 aromatic rings. The highest BCUT2D eigenvalue weighted by atomic mass is 16.4. The van der Waals surface area contributed by atoms with Crippen molar-refractivity contribution in [1.29, 1.82) is 0 Å². The number of allylic oxidation sites excluding steroid dienone is 2. The van der Waals surface area contributed by atoms with Crippen LogP contribution in [0.2, 0.25) is 0 Å². The van der Waals surface area contributed by atoms with E-state index in [1.165, 1.54) is 57.8 Å². The van der Waals surface area contributed by atoms with Crippen LogP contribution in [0.15, 0.2) is 11.6 Å². The van der Waals surface area contributed by atoms with Gasteiger partial charge in [0.25, 0.3) is 0 Å². The van der Waals surface area contributed by atoms with Gasteiger partial charge in [-0.25, -0.2) is 0 Å². The van der Waals surface area contributed by atoms with E-state index in [4.69, 9.17) is 0 Å². The molecule has 0 heterocycles. The van der Waals surface area contributed by atoms with Crippen LogP contribution >= 0.6 is 0 Å². The topological polar surface area (TPSA) is 37.3 Å². The van der Waals surface area contributed by atoms with Crippen molar-refractivity contribution in [3.8, 4) is 0 Å². The minimum Gasteiger partial charge on any atom is -0.481 e. The van der Waals surface area contributed by atoms with Crippen LogP contribution < -0.4 is 0 Å². The van der Waals surface area contributed by atoms with Crippen molar-refractivity contribution in [2.45, 2.75) is 112 Å². The standard InChI is InChI=1S/C34H59NO2/c1-23(2)10-9-11-24(3)29-14-15-30-28-13-12-26-22-25(27(32(36)37)18-21-35(6,7)8)16-19-33(26,4)31(28)17-20-34(29,30)5/h12,23-25,27-31H,9-11,13-22H2,1-8H3/p+1/t24-,25?,27?,28?,29-,30?,31?,33+,34-/m1/s1. The maximum absolute atomic E-state index is 12.3. The zero-order valence-corrected chi connectivity index (χ0v) is 25.7. The van der Waals surface area contributed by atoms with Crippen LogP contribution in [0.5, 0.6) is 0 Å². The summed E-state index contributed by atoms with van der Waals surface area (Å²) in [6, 6.07) is 0. The number of carbonyl (C=O) groups is 1. The molecule has 4 aliphatic rings. The van der Waals surface area contributed by atoms with E-state index in [0.29, 0.717) is 16.7 Å². The second kappa shape index (κ2) is 11.0. The Morgan fingerprint density at radius 2 is 1.73 bits per heavy atom. The summed E-state index contributed by atoms with van der Waals surface area (Å²) in [6.45, 7) is 13.5. The highest BCUT2D eigenvalue weighted by molar-refractivity contribution is 5.70. The third-order valence-corrected chi connectivity index (χ3v) is 12.3. The lowest BCUT2D eigenvalue weighted by Crippen LogP contribution is -2.51. The second-order valence-electron chi connectivity index (χ2n) is 16.0. The molecule has 3 fully saturated rings. The van der Waals surface area contributed by atoms with E-state index in [-0.39, 0.29) is 5.92 Å². The van der Waals surface area contributed by atoms with Gasteiger partial charge >= 0.3 is 5.97 Å². The van der Waals surface area contributed by atoms with Crippen LogP contribution in [-0.4, -0.2) is 43.2 Å². The Morgan fingerprint density at radius 1 is 1.00 bits per heavy atom. The number of quaternary nitrogens is 1. The first-order chi connectivity index (χ1) is 17.3. The molecule has 3 nitrogen and oxygen atoms in total. The molecule has 1 N–H and O–H groups in total. The van der Waals surface area contributed by atoms with Crippen LogP contribution in [0, 0.1) is 58.2 Å². The van der Waals surface area contributed by atoms with Gasteiger partial charge in [-0.3, -0.25) is 4.79 Å². The summed E-state index contributed by atoms with van der Waals surface area (Å²) >= 11 is 0. The first-order valence-electron chi connectivity index (χ1n) is 16.0. The number of hydrogen-bond donors (Lipinski definition) is 1. The van der Waals surface area contributed by atoms with Crippen molar-refractivity contribution in [3.05, 3.63) is 11.6 Å². The predicted octanol–water partition coefficient (Wildman–Crippen LogP) is 8.44. The molecular formula is C34H60NO2+. The van der Waals surface area contributed by atoms with Crippen LogP contribution in [-0.2, 0) is 4.79 Å². The van der Waals surface area contributed by atoms with Crippen LogP contribution in [0.1, 0.15) is 112 Å². The summed E-state index contributed by atoms with van der Waals surface area (Å²) in [5, 5.41) is 10.1. The molecule has 212 valence electrons. The van der Waals surface area contributed by atoms with E-state index in [1.54, 1.807) is 5.57 Å². The summed E-state index contributed by atoms with van der Waals surface area (Å²) < 4.78 is 0.845. The lowest BCUT2D eigenvalue weighted by Gasteiger charge is -2.59. The normalized spacial score (nSPS) is 39.4. The molecule has 3 saturated carbocycles. The molecule has 4 rings (SSSR count). The first kappa shape index (κ1) is 29.2. The monoisotopic (exact) mass is 514 g/mol. The van der Waals surface area contributed by atoms with E-state index in [2.05, 4.69) is 61.8 Å². The lowest BCUT2D eigenvalue weighted by molar-refractivity contribution is -0.870. The SMILES string of the molecule is CC(C)CCC[C@@H](C)[C@H]1CCC2C3CC=C4CC(C(CC[N+](C)(C)C)C(=O)O)CC[C@]4(C)C3CC[C@@]21C. The summed E-state index contributed by atoms with van der Waals surface area (Å²) in [7, 11) is 6.53. The molecule has 0 aromatic carbocycles. The number of aliphatic carboxylic acids is 1. The van der Waals surface area contributed by atoms with Gasteiger partial charge in [0.2, 0.25) is 0 Å². The molecular weight excluding hydrogens is 454 g/mol. The maximum atomic E-state index is 12.3. The van der Waals surface area contributed by atoms with Gasteiger partial charge in [0, 0.05) is 6.42 Å². The van der Waals surface area contributed by atoms with Gasteiger partial charge in [0.1, 0.15) is 0 Å². The average molecular weight is 515 g/mol. The third-order valence-electron chi connectivity index (χ3n) is 12.3. The Kier molecular flexibility index (Phi) is 8.65. The summed E-state index contributed by atoms with van der Waals surface area (Å²) in [5.74, 6) is 4.73. The molecule has 0 bridgehead atoms. The summed E-state index contributed by atoms with van der Waals surface area (Å²) in [6.07, 6.45) is 18.0. The molecule has 0 radical (unpaired) electrons. The highest BCUT2D eigenvalue weighted by Gasteiger charge is 2.59. The maximum Gasteiger partial charge on any atom is 0.307 e. The molecule has 5 unspecified atom stereocenters. The lowest BCUT2D eigenvalue weighted by atomic mass is 9.46. The predicted molar refractivity (Wildman–Crippen MR) is 155 cm³/mol. The minimum atomic E-state index is -0.565. The quantitative estimate of drug-likeness (QED) is 0.234. The third kappa shape index (κ3) is 5.87. The molecule has 3 heteroatoms. The average Bonchev–Trinajstić information content (AvgIpc) is 3.15. The number of carboxylic acid groups (broad SMARTS) is 1. The Labute approximate surface area is 229 Å². The van der Waals surface area contributed by atoms with Gasteiger partial charge in [-0.1, -0.05) is 65.5 Å². The van der Waals surface area contributed by atoms with Gasteiger partial charge in [0.05, 0.1) is 33.6 Å².